The van der Waals surface area contributed by atoms with E-state index in [1.165, 1.54) is 14.2 Å². The van der Waals surface area contributed by atoms with E-state index in [1.54, 1.807) is 67.6 Å². The lowest BCUT2D eigenvalue weighted by atomic mass is 10.0. The molecule has 2 N–H and O–H groups in total. The van der Waals surface area contributed by atoms with Crippen molar-refractivity contribution in [1.29, 1.82) is 0 Å². The number of carbonyl (C=O) groups excluding carboxylic acids is 3. The largest absolute Gasteiger partial charge is 0.497 e. The number of aryl methyl sites for hydroxylation is 1. The minimum atomic E-state index is -1.26. The summed E-state index contributed by atoms with van der Waals surface area (Å²) in [7, 11) is 3.00. The fourth-order valence-corrected chi connectivity index (χ4v) is 3.93. The number of anilines is 1. The van der Waals surface area contributed by atoms with Gasteiger partial charge in [-0.3, -0.25) is 14.4 Å². The van der Waals surface area contributed by atoms with Crippen LogP contribution < -0.4 is 14.8 Å². The molecule has 37 heavy (non-hydrogen) atoms. The Kier molecular flexibility index (Phi) is 9.82. The summed E-state index contributed by atoms with van der Waals surface area (Å²) in [5, 5.41) is 12.3. The molecule has 0 radical (unpaired) electrons. The Morgan fingerprint density at radius 3 is 2.32 bits per heavy atom. The Morgan fingerprint density at radius 2 is 1.68 bits per heavy atom. The molecule has 0 spiro atoms. The number of Topliss-reactive ketones (excluding diaryl/α,β-unsaturated/α-hetero) is 1. The van der Waals surface area contributed by atoms with E-state index in [1.807, 2.05) is 0 Å². The molecule has 0 aromatic heterocycles. The summed E-state index contributed by atoms with van der Waals surface area (Å²) >= 11 is 3.35. The van der Waals surface area contributed by atoms with Crippen molar-refractivity contribution in [3.63, 3.8) is 0 Å². The van der Waals surface area contributed by atoms with E-state index in [4.69, 9.17) is 14.2 Å². The van der Waals surface area contributed by atoms with Crippen molar-refractivity contribution in [2.24, 2.45) is 0 Å². The quantitative estimate of drug-likeness (QED) is 0.242. The fraction of sp³-hybridized carbons (Fsp3) is 0.250. The second kappa shape index (κ2) is 13.0. The zero-order chi connectivity index (χ0) is 26.9. The second-order valence-corrected chi connectivity index (χ2v) is 9.12. The summed E-state index contributed by atoms with van der Waals surface area (Å²) in [5.74, 6) is -0.478. The average Bonchev–Trinajstić information content (AvgIpc) is 2.91. The third kappa shape index (κ3) is 7.41. The molecule has 3 rings (SSSR count). The normalized spacial score (nSPS) is 11.4. The van der Waals surface area contributed by atoms with Crippen LogP contribution in [0, 0.1) is 6.92 Å². The summed E-state index contributed by atoms with van der Waals surface area (Å²) in [6, 6.07) is 16.8. The van der Waals surface area contributed by atoms with Gasteiger partial charge in [-0.15, -0.1) is 0 Å². The monoisotopic (exact) mass is 569 g/mol. The van der Waals surface area contributed by atoms with Gasteiger partial charge in [0.05, 0.1) is 27.2 Å². The lowest BCUT2D eigenvalue weighted by molar-refractivity contribution is -0.154. The molecule has 0 bridgehead atoms. The number of benzene rings is 3. The second-order valence-electron chi connectivity index (χ2n) is 8.20. The topological polar surface area (TPSA) is 111 Å². The first-order valence-electron chi connectivity index (χ1n) is 11.5. The molecule has 3 aromatic carbocycles. The third-order valence-corrected chi connectivity index (χ3v) is 6.21. The number of carbonyl (C=O) groups is 3. The van der Waals surface area contributed by atoms with Gasteiger partial charge in [-0.05, 0) is 55.0 Å². The highest BCUT2D eigenvalue weighted by molar-refractivity contribution is 9.10. The number of amides is 1. The van der Waals surface area contributed by atoms with Crippen LogP contribution in [0.5, 0.6) is 11.5 Å². The Bertz CT molecular complexity index is 1270. The zero-order valence-corrected chi connectivity index (χ0v) is 22.3. The minimum Gasteiger partial charge on any atom is -0.497 e. The number of hydrogen-bond donors (Lipinski definition) is 2. The van der Waals surface area contributed by atoms with E-state index in [9.17, 15) is 19.5 Å². The number of ether oxygens (including phenoxy) is 3. The summed E-state index contributed by atoms with van der Waals surface area (Å²) in [6.45, 7) is 1.53. The van der Waals surface area contributed by atoms with E-state index >= 15 is 0 Å². The first-order chi connectivity index (χ1) is 17.7. The predicted octanol–water partition coefficient (Wildman–Crippen LogP) is 5.15. The molecule has 194 valence electrons. The van der Waals surface area contributed by atoms with E-state index < -0.39 is 18.0 Å². The van der Waals surface area contributed by atoms with Gasteiger partial charge in [-0.25, -0.2) is 0 Å². The Morgan fingerprint density at radius 1 is 0.946 bits per heavy atom. The molecular weight excluding hydrogens is 542 g/mol. The summed E-state index contributed by atoms with van der Waals surface area (Å²) in [5.41, 5.74) is 2.59. The van der Waals surface area contributed by atoms with Crippen LogP contribution in [0.2, 0.25) is 0 Å². The van der Waals surface area contributed by atoms with Gasteiger partial charge in [0.25, 0.3) is 5.91 Å². The van der Waals surface area contributed by atoms with Gasteiger partial charge >= 0.3 is 5.97 Å². The molecule has 0 saturated carbocycles. The Labute approximate surface area is 223 Å². The van der Waals surface area contributed by atoms with Crippen LogP contribution in [0.1, 0.15) is 46.0 Å². The van der Waals surface area contributed by atoms with Crippen molar-refractivity contribution < 1.29 is 33.7 Å². The highest BCUT2D eigenvalue weighted by Crippen LogP contribution is 2.26. The van der Waals surface area contributed by atoms with Gasteiger partial charge in [0.1, 0.15) is 11.5 Å². The van der Waals surface area contributed by atoms with Crippen molar-refractivity contribution in [3.05, 3.63) is 87.4 Å². The van der Waals surface area contributed by atoms with E-state index in [0.29, 0.717) is 33.9 Å². The molecular formula is C28H28BrNO7. The predicted molar refractivity (Wildman–Crippen MR) is 142 cm³/mol. The Balaban J connectivity index is 1.74. The van der Waals surface area contributed by atoms with Crippen LogP contribution >= 0.6 is 15.9 Å². The van der Waals surface area contributed by atoms with Crippen LogP contribution in [0.15, 0.2) is 65.1 Å². The molecule has 1 amide bonds. The van der Waals surface area contributed by atoms with Crippen LogP contribution in [0.25, 0.3) is 0 Å². The fourth-order valence-electron chi connectivity index (χ4n) is 3.67. The molecule has 3 aromatic rings. The first-order valence-corrected chi connectivity index (χ1v) is 12.3. The smallest absolute Gasteiger partial charge is 0.307 e. The third-order valence-electron chi connectivity index (χ3n) is 5.68. The molecule has 0 fully saturated rings. The maximum atomic E-state index is 13.2. The Hall–Kier alpha value is -3.69. The zero-order valence-electron chi connectivity index (χ0n) is 20.7. The van der Waals surface area contributed by atoms with Crippen molar-refractivity contribution in [3.8, 4) is 11.5 Å². The number of methoxy groups -OCH3 is 2. The highest BCUT2D eigenvalue weighted by Gasteiger charge is 2.26. The van der Waals surface area contributed by atoms with Crippen molar-refractivity contribution in [2.45, 2.75) is 32.5 Å². The van der Waals surface area contributed by atoms with E-state index in [-0.39, 0.29) is 25.2 Å². The molecule has 1 atom stereocenters. The molecule has 0 saturated heterocycles. The standard InChI is InChI=1S/C28H28BrNO7/c1-17-4-10-22(35-2)15-23(17)24(32)11-13-26(33)37-27(18-5-7-20(29)8-6-18)28(34)30-21-9-12-25(36-3)19(14-21)16-31/h4-10,12,14-15,27,31H,11,13,16H2,1-3H3,(H,30,34). The summed E-state index contributed by atoms with van der Waals surface area (Å²) in [6.07, 6.45) is -1.54. The van der Waals surface area contributed by atoms with E-state index in [2.05, 4.69) is 21.2 Å². The van der Waals surface area contributed by atoms with Crippen molar-refractivity contribution in [1.82, 2.24) is 0 Å². The molecule has 0 aliphatic heterocycles. The van der Waals surface area contributed by atoms with Crippen molar-refractivity contribution >= 4 is 39.3 Å². The summed E-state index contributed by atoms with van der Waals surface area (Å²) in [4.78, 5) is 38.7. The maximum Gasteiger partial charge on any atom is 0.307 e. The number of aliphatic hydroxyl groups excluding tert-OH is 1. The van der Waals surface area contributed by atoms with Gasteiger partial charge in [-0.2, -0.15) is 0 Å². The van der Waals surface area contributed by atoms with Gasteiger partial charge in [-0.1, -0.05) is 34.1 Å². The van der Waals surface area contributed by atoms with Crippen LogP contribution in [-0.4, -0.2) is 37.0 Å². The van der Waals surface area contributed by atoms with Gasteiger partial charge in [0, 0.05) is 33.3 Å². The lowest BCUT2D eigenvalue weighted by Crippen LogP contribution is -2.26. The van der Waals surface area contributed by atoms with Crippen molar-refractivity contribution in [2.75, 3.05) is 19.5 Å². The molecule has 0 aliphatic carbocycles. The van der Waals surface area contributed by atoms with E-state index in [0.717, 1.165) is 10.0 Å². The number of ketones is 1. The summed E-state index contributed by atoms with van der Waals surface area (Å²) < 4.78 is 16.7. The average molecular weight is 570 g/mol. The van der Waals surface area contributed by atoms with Crippen LogP contribution in [-0.2, 0) is 20.9 Å². The number of nitrogens with one attached hydrogen (secondary N) is 1. The molecule has 9 heteroatoms. The van der Waals surface area contributed by atoms with Crippen LogP contribution in [0.3, 0.4) is 0 Å². The highest BCUT2D eigenvalue weighted by atomic mass is 79.9. The molecule has 8 nitrogen and oxygen atoms in total. The maximum absolute atomic E-state index is 13.2. The number of aliphatic hydroxyl groups is 1. The van der Waals surface area contributed by atoms with Crippen LogP contribution in [0.4, 0.5) is 5.69 Å². The number of halogens is 1. The minimum absolute atomic E-state index is 0.0835. The number of rotatable bonds is 11. The van der Waals surface area contributed by atoms with Gasteiger partial charge in [0.2, 0.25) is 6.10 Å². The number of esters is 1. The number of hydrogen-bond acceptors (Lipinski definition) is 7. The lowest BCUT2D eigenvalue weighted by Gasteiger charge is -2.19. The SMILES string of the molecule is COc1ccc(C)c(C(=O)CCC(=O)OC(C(=O)Nc2ccc(OC)c(CO)c2)c2ccc(Br)cc2)c1. The van der Waals surface area contributed by atoms with Gasteiger partial charge in [0.15, 0.2) is 5.78 Å². The molecule has 1 unspecified atom stereocenters. The van der Waals surface area contributed by atoms with Gasteiger partial charge < -0.3 is 24.6 Å². The molecule has 0 aliphatic rings. The molecule has 0 heterocycles. The first kappa shape index (κ1) is 27.9.